The van der Waals surface area contributed by atoms with E-state index in [0.29, 0.717) is 12.8 Å². The monoisotopic (exact) mass is 265 g/mol. The van der Waals surface area contributed by atoms with Crippen molar-refractivity contribution in [2.24, 2.45) is 0 Å². The number of carbonyl (C=O) groups excluding carboxylic acids is 1. The lowest BCUT2D eigenvalue weighted by atomic mass is 10.2. The van der Waals surface area contributed by atoms with Crippen molar-refractivity contribution >= 4 is 17.3 Å². The number of halogens is 1. The number of methoxy groups -OCH3 is 1. The van der Waals surface area contributed by atoms with Gasteiger partial charge in [-0.25, -0.2) is 9.37 Å². The molecule has 2 aromatic rings. The molecule has 0 amide bonds. The Balaban J connectivity index is 2.08. The molecule has 0 atom stereocenters. The van der Waals surface area contributed by atoms with E-state index in [1.165, 1.54) is 30.6 Å². The van der Waals surface area contributed by atoms with E-state index in [0.717, 1.165) is 16.3 Å². The van der Waals surface area contributed by atoms with Gasteiger partial charge in [0.05, 0.1) is 19.2 Å². The molecule has 0 N–H and O–H groups in total. The quantitative estimate of drug-likeness (QED) is 0.798. The molecular formula is C13H12FNO2S. The molecule has 0 radical (unpaired) electrons. The molecule has 94 valence electrons. The van der Waals surface area contributed by atoms with Crippen molar-refractivity contribution < 1.29 is 13.9 Å². The fourth-order valence-corrected chi connectivity index (χ4v) is 2.36. The highest BCUT2D eigenvalue weighted by atomic mass is 32.1. The molecule has 0 unspecified atom stereocenters. The van der Waals surface area contributed by atoms with Crippen molar-refractivity contribution in [3.63, 3.8) is 0 Å². The standard InChI is InChI=1S/C13H12FNO2S/c1-17-12(16)6-5-11-8-18-13(15-11)9-3-2-4-10(14)7-9/h2-4,7-8H,5-6H2,1H3. The van der Waals surface area contributed by atoms with Gasteiger partial charge in [-0.05, 0) is 12.1 Å². The van der Waals surface area contributed by atoms with Gasteiger partial charge >= 0.3 is 5.97 Å². The number of rotatable bonds is 4. The van der Waals surface area contributed by atoms with Crippen LogP contribution < -0.4 is 0 Å². The zero-order chi connectivity index (χ0) is 13.0. The van der Waals surface area contributed by atoms with Crippen molar-refractivity contribution in [2.45, 2.75) is 12.8 Å². The van der Waals surface area contributed by atoms with Crippen molar-refractivity contribution in [2.75, 3.05) is 7.11 Å². The van der Waals surface area contributed by atoms with Gasteiger partial charge in [-0.2, -0.15) is 0 Å². The Morgan fingerprint density at radius 1 is 1.50 bits per heavy atom. The Morgan fingerprint density at radius 2 is 2.33 bits per heavy atom. The molecule has 0 spiro atoms. The first-order valence-corrected chi connectivity index (χ1v) is 6.34. The summed E-state index contributed by atoms with van der Waals surface area (Å²) in [5.74, 6) is -0.533. The molecule has 0 saturated carbocycles. The predicted molar refractivity (Wildman–Crippen MR) is 67.8 cm³/mol. The minimum absolute atomic E-state index is 0.254. The summed E-state index contributed by atoms with van der Waals surface area (Å²) in [5.41, 5.74) is 1.58. The summed E-state index contributed by atoms with van der Waals surface area (Å²) >= 11 is 1.44. The summed E-state index contributed by atoms with van der Waals surface area (Å²) in [6, 6.07) is 6.31. The number of ether oxygens (including phenoxy) is 1. The zero-order valence-corrected chi connectivity index (χ0v) is 10.7. The summed E-state index contributed by atoms with van der Waals surface area (Å²) < 4.78 is 17.6. The lowest BCUT2D eigenvalue weighted by Crippen LogP contribution is -2.01. The van der Waals surface area contributed by atoms with Crippen LogP contribution in [0.4, 0.5) is 4.39 Å². The van der Waals surface area contributed by atoms with Gasteiger partial charge in [0.2, 0.25) is 0 Å². The second-order valence-corrected chi connectivity index (χ2v) is 4.59. The summed E-state index contributed by atoms with van der Waals surface area (Å²) in [5, 5.41) is 2.64. The van der Waals surface area contributed by atoms with Crippen molar-refractivity contribution in [3.8, 4) is 10.6 Å². The highest BCUT2D eigenvalue weighted by Gasteiger charge is 2.07. The number of benzene rings is 1. The molecular weight excluding hydrogens is 253 g/mol. The fraction of sp³-hybridized carbons (Fsp3) is 0.231. The number of hydrogen-bond acceptors (Lipinski definition) is 4. The molecule has 1 aromatic heterocycles. The van der Waals surface area contributed by atoms with Crippen LogP contribution in [0.2, 0.25) is 0 Å². The number of thiazole rings is 1. The molecule has 3 nitrogen and oxygen atoms in total. The normalized spacial score (nSPS) is 10.3. The molecule has 5 heteroatoms. The van der Waals surface area contributed by atoms with Gasteiger partial charge in [-0.15, -0.1) is 11.3 Å². The Hall–Kier alpha value is -1.75. The lowest BCUT2D eigenvalue weighted by molar-refractivity contribution is -0.140. The summed E-state index contributed by atoms with van der Waals surface area (Å²) in [7, 11) is 1.36. The smallest absolute Gasteiger partial charge is 0.305 e. The van der Waals surface area contributed by atoms with E-state index >= 15 is 0 Å². The van der Waals surface area contributed by atoms with E-state index in [2.05, 4.69) is 9.72 Å². The van der Waals surface area contributed by atoms with Crippen molar-refractivity contribution in [1.82, 2.24) is 4.98 Å². The van der Waals surface area contributed by atoms with Gasteiger partial charge < -0.3 is 4.74 Å². The Morgan fingerprint density at radius 3 is 3.06 bits per heavy atom. The van der Waals surface area contributed by atoms with E-state index in [4.69, 9.17) is 0 Å². The van der Waals surface area contributed by atoms with E-state index in [-0.39, 0.29) is 11.8 Å². The lowest BCUT2D eigenvalue weighted by Gasteiger charge is -1.97. The van der Waals surface area contributed by atoms with Crippen LogP contribution in [0.1, 0.15) is 12.1 Å². The number of aromatic nitrogens is 1. The van der Waals surface area contributed by atoms with E-state index < -0.39 is 0 Å². The van der Waals surface area contributed by atoms with Crippen LogP contribution in [-0.4, -0.2) is 18.1 Å². The molecule has 2 rings (SSSR count). The highest BCUT2D eigenvalue weighted by molar-refractivity contribution is 7.13. The maximum Gasteiger partial charge on any atom is 0.305 e. The van der Waals surface area contributed by atoms with Gasteiger partial charge in [-0.3, -0.25) is 4.79 Å². The number of carbonyl (C=O) groups is 1. The second kappa shape index (κ2) is 5.73. The van der Waals surface area contributed by atoms with E-state index in [9.17, 15) is 9.18 Å². The minimum Gasteiger partial charge on any atom is -0.469 e. The van der Waals surface area contributed by atoms with Crippen LogP contribution >= 0.6 is 11.3 Å². The van der Waals surface area contributed by atoms with Gasteiger partial charge in [-0.1, -0.05) is 12.1 Å². The van der Waals surface area contributed by atoms with Crippen LogP contribution in [0.5, 0.6) is 0 Å². The summed E-state index contributed by atoms with van der Waals surface area (Å²) in [4.78, 5) is 15.4. The van der Waals surface area contributed by atoms with Crippen LogP contribution in [0.3, 0.4) is 0 Å². The number of aryl methyl sites for hydroxylation is 1. The Labute approximate surface area is 108 Å². The van der Waals surface area contributed by atoms with Crippen molar-refractivity contribution in [1.29, 1.82) is 0 Å². The average Bonchev–Trinajstić information content (AvgIpc) is 2.84. The summed E-state index contributed by atoms with van der Waals surface area (Å²) in [6.07, 6.45) is 0.849. The predicted octanol–water partition coefficient (Wildman–Crippen LogP) is 3.05. The maximum atomic E-state index is 13.1. The van der Waals surface area contributed by atoms with Crippen LogP contribution in [0.15, 0.2) is 29.6 Å². The van der Waals surface area contributed by atoms with E-state index in [1.54, 1.807) is 6.07 Å². The average molecular weight is 265 g/mol. The first-order chi connectivity index (χ1) is 8.69. The summed E-state index contributed by atoms with van der Waals surface area (Å²) in [6.45, 7) is 0. The van der Waals surface area contributed by atoms with Crippen LogP contribution in [0, 0.1) is 5.82 Å². The molecule has 0 bridgehead atoms. The fourth-order valence-electron chi connectivity index (χ4n) is 1.51. The number of nitrogens with zero attached hydrogens (tertiary/aromatic N) is 1. The third-order valence-corrected chi connectivity index (χ3v) is 3.38. The van der Waals surface area contributed by atoms with Gasteiger partial charge in [0.25, 0.3) is 0 Å². The molecule has 1 aromatic carbocycles. The maximum absolute atomic E-state index is 13.1. The Kier molecular flexibility index (Phi) is 4.04. The largest absolute Gasteiger partial charge is 0.469 e. The molecule has 0 aliphatic carbocycles. The zero-order valence-electron chi connectivity index (χ0n) is 9.85. The molecule has 0 aliphatic heterocycles. The molecule has 0 aliphatic rings. The first kappa shape index (κ1) is 12.7. The number of hydrogen-bond donors (Lipinski definition) is 0. The second-order valence-electron chi connectivity index (χ2n) is 3.73. The van der Waals surface area contributed by atoms with Crippen molar-refractivity contribution in [3.05, 3.63) is 41.2 Å². The Bertz CT molecular complexity index is 553. The minimum atomic E-state index is -0.279. The third-order valence-electron chi connectivity index (χ3n) is 2.44. The molecule has 0 saturated heterocycles. The van der Waals surface area contributed by atoms with Gasteiger partial charge in [0.1, 0.15) is 10.8 Å². The number of esters is 1. The van der Waals surface area contributed by atoms with Gasteiger partial charge in [0, 0.05) is 17.4 Å². The third kappa shape index (κ3) is 3.13. The SMILES string of the molecule is COC(=O)CCc1csc(-c2cccc(F)c2)n1. The molecule has 1 heterocycles. The highest BCUT2D eigenvalue weighted by Crippen LogP contribution is 2.24. The topological polar surface area (TPSA) is 39.2 Å². The first-order valence-electron chi connectivity index (χ1n) is 5.46. The molecule has 0 fully saturated rings. The van der Waals surface area contributed by atoms with E-state index in [1.807, 2.05) is 11.4 Å². The van der Waals surface area contributed by atoms with Crippen LogP contribution in [-0.2, 0) is 16.0 Å². The molecule has 18 heavy (non-hydrogen) atoms. The van der Waals surface area contributed by atoms with Gasteiger partial charge in [0.15, 0.2) is 0 Å². The van der Waals surface area contributed by atoms with Crippen LogP contribution in [0.25, 0.3) is 10.6 Å².